The fourth-order valence-corrected chi connectivity index (χ4v) is 7.46. The largest absolute Gasteiger partial charge is 0.479 e. The lowest BCUT2D eigenvalue weighted by atomic mass is 9.72. The zero-order valence-corrected chi connectivity index (χ0v) is 26.7. The number of nitrogens with one attached hydrogen (secondary N) is 1. The van der Waals surface area contributed by atoms with Crippen molar-refractivity contribution in [3.8, 4) is 0 Å². The van der Waals surface area contributed by atoms with Crippen molar-refractivity contribution in [2.24, 2.45) is 29.6 Å². The van der Waals surface area contributed by atoms with E-state index < -0.39 is 17.2 Å². The van der Waals surface area contributed by atoms with Crippen molar-refractivity contribution in [1.82, 2.24) is 10.2 Å². The van der Waals surface area contributed by atoms with Crippen molar-refractivity contribution in [3.05, 3.63) is 0 Å². The second-order valence-corrected chi connectivity index (χ2v) is 14.2. The fraction of sp³-hybridized carbons (Fsp3) is 0.909. The molecule has 2 aliphatic carbocycles. The van der Waals surface area contributed by atoms with E-state index in [9.17, 15) is 24.6 Å². The van der Waals surface area contributed by atoms with Crippen molar-refractivity contribution in [1.29, 1.82) is 0 Å². The number of ether oxygens (including phenoxy) is 2. The zero-order chi connectivity index (χ0) is 30.8. The predicted molar refractivity (Wildman–Crippen MR) is 162 cm³/mol. The molecule has 0 aromatic heterocycles. The maximum Gasteiger partial charge on any atom is 0.407 e. The molecule has 0 bridgehead atoms. The monoisotopic (exact) mass is 594 g/mol. The molecule has 1 heterocycles. The van der Waals surface area contributed by atoms with Crippen molar-refractivity contribution >= 4 is 18.0 Å². The SMILES string of the molecule is CCCC(CCOCC(O)(C(=O)O)C1CCCCC1)C(=O)N1CCC(C2CCCC(CNC(=O)OC(C)(C)C)C2)CC1. The van der Waals surface area contributed by atoms with Gasteiger partial charge in [-0.1, -0.05) is 45.4 Å². The Morgan fingerprint density at radius 1 is 0.929 bits per heavy atom. The van der Waals surface area contributed by atoms with Gasteiger partial charge in [-0.15, -0.1) is 0 Å². The number of piperidine rings is 1. The lowest BCUT2D eigenvalue weighted by Gasteiger charge is -2.40. The molecule has 0 aromatic rings. The quantitative estimate of drug-likeness (QED) is 0.231. The summed E-state index contributed by atoms with van der Waals surface area (Å²) in [6.07, 6.45) is 13.0. The number of aliphatic hydroxyl groups is 1. The Balaban J connectivity index is 1.42. The van der Waals surface area contributed by atoms with Crippen LogP contribution in [-0.4, -0.2) is 77.1 Å². The summed E-state index contributed by atoms with van der Waals surface area (Å²) in [6, 6.07) is 0. The van der Waals surface area contributed by atoms with Crippen LogP contribution in [0.15, 0.2) is 0 Å². The van der Waals surface area contributed by atoms with E-state index in [0.717, 1.165) is 70.9 Å². The first-order valence-electron chi connectivity index (χ1n) is 16.7. The molecule has 9 nitrogen and oxygen atoms in total. The lowest BCUT2D eigenvalue weighted by molar-refractivity contribution is -0.176. The van der Waals surface area contributed by atoms with Gasteiger partial charge in [-0.3, -0.25) is 4.79 Å². The zero-order valence-electron chi connectivity index (χ0n) is 26.7. The number of aliphatic carboxylic acids is 1. The number of carboxylic acids is 1. The van der Waals surface area contributed by atoms with Gasteiger partial charge in [-0.05, 0) is 89.9 Å². The van der Waals surface area contributed by atoms with E-state index in [2.05, 4.69) is 12.2 Å². The Morgan fingerprint density at radius 2 is 1.62 bits per heavy atom. The minimum absolute atomic E-state index is 0.142. The molecule has 0 radical (unpaired) electrons. The highest BCUT2D eigenvalue weighted by Gasteiger charge is 2.45. The van der Waals surface area contributed by atoms with Crippen LogP contribution in [0.3, 0.4) is 0 Å². The van der Waals surface area contributed by atoms with Gasteiger partial charge in [0, 0.05) is 38.1 Å². The molecule has 3 fully saturated rings. The maximum atomic E-state index is 13.5. The number of hydrogen-bond acceptors (Lipinski definition) is 6. The third kappa shape index (κ3) is 10.4. The van der Waals surface area contributed by atoms with Crippen LogP contribution in [0.1, 0.15) is 118 Å². The van der Waals surface area contributed by atoms with Crippen LogP contribution in [0.5, 0.6) is 0 Å². The summed E-state index contributed by atoms with van der Waals surface area (Å²) in [5, 5.41) is 23.6. The normalized spacial score (nSPS) is 24.9. The minimum atomic E-state index is -1.85. The van der Waals surface area contributed by atoms with E-state index >= 15 is 0 Å². The van der Waals surface area contributed by atoms with Crippen molar-refractivity contribution < 1.29 is 34.1 Å². The van der Waals surface area contributed by atoms with Crippen LogP contribution in [0.2, 0.25) is 0 Å². The molecular weight excluding hydrogens is 536 g/mol. The Kier molecular flexibility index (Phi) is 13.4. The second kappa shape index (κ2) is 16.3. The summed E-state index contributed by atoms with van der Waals surface area (Å²) >= 11 is 0. The number of carbonyl (C=O) groups excluding carboxylic acids is 2. The van der Waals surface area contributed by atoms with Gasteiger partial charge in [0.05, 0.1) is 6.61 Å². The standard InChI is InChI=1S/C33H58N2O7/c1-5-10-26(17-20-41-23-33(40,30(37)38)28-13-7-6-8-14-28)29(36)35-18-15-25(16-19-35)27-12-9-11-24(21-27)22-34-31(39)42-32(2,3)4/h24-28,40H,5-23H2,1-4H3,(H,34,39)(H,37,38). The molecule has 0 aromatic carbocycles. The molecule has 1 saturated heterocycles. The topological polar surface area (TPSA) is 125 Å². The molecule has 4 unspecified atom stereocenters. The van der Waals surface area contributed by atoms with Gasteiger partial charge in [0.25, 0.3) is 0 Å². The number of rotatable bonds is 13. The highest BCUT2D eigenvalue weighted by atomic mass is 16.6. The fourth-order valence-electron chi connectivity index (χ4n) is 7.46. The van der Waals surface area contributed by atoms with Gasteiger partial charge in [0.1, 0.15) is 5.60 Å². The van der Waals surface area contributed by atoms with Gasteiger partial charge in [-0.2, -0.15) is 0 Å². The van der Waals surface area contributed by atoms with E-state index in [0.29, 0.717) is 43.6 Å². The smallest absolute Gasteiger partial charge is 0.407 e. The first-order chi connectivity index (χ1) is 19.9. The third-order valence-electron chi connectivity index (χ3n) is 9.85. The van der Waals surface area contributed by atoms with Crippen LogP contribution in [-0.2, 0) is 19.1 Å². The average Bonchev–Trinajstić information content (AvgIpc) is 2.97. The summed E-state index contributed by atoms with van der Waals surface area (Å²) in [5.41, 5.74) is -2.34. The van der Waals surface area contributed by atoms with E-state index in [1.165, 1.54) is 12.8 Å². The van der Waals surface area contributed by atoms with Crippen LogP contribution >= 0.6 is 0 Å². The Hall–Kier alpha value is -1.87. The molecule has 2 saturated carbocycles. The molecule has 2 amide bonds. The molecule has 9 heteroatoms. The lowest BCUT2D eigenvalue weighted by Crippen LogP contribution is -2.50. The molecule has 3 N–H and O–H groups in total. The van der Waals surface area contributed by atoms with E-state index in [-0.39, 0.29) is 37.0 Å². The minimum Gasteiger partial charge on any atom is -0.479 e. The van der Waals surface area contributed by atoms with Gasteiger partial charge >= 0.3 is 12.1 Å². The van der Waals surface area contributed by atoms with Crippen molar-refractivity contribution in [2.75, 3.05) is 32.8 Å². The molecular formula is C33H58N2O7. The Bertz CT molecular complexity index is 861. The summed E-state index contributed by atoms with van der Waals surface area (Å²) in [5.74, 6) is 0.278. The van der Waals surface area contributed by atoms with Gasteiger partial charge < -0.3 is 29.9 Å². The number of carboxylic acid groups (broad SMARTS) is 1. The van der Waals surface area contributed by atoms with Crippen molar-refractivity contribution in [3.63, 3.8) is 0 Å². The predicted octanol–water partition coefficient (Wildman–Crippen LogP) is 5.78. The van der Waals surface area contributed by atoms with Gasteiger partial charge in [0.15, 0.2) is 5.60 Å². The number of alkyl carbamates (subject to hydrolysis) is 1. The summed E-state index contributed by atoms with van der Waals surface area (Å²) in [7, 11) is 0. The van der Waals surface area contributed by atoms with Gasteiger partial charge in [0.2, 0.25) is 5.91 Å². The molecule has 3 rings (SSSR count). The van der Waals surface area contributed by atoms with Crippen LogP contribution in [0.25, 0.3) is 0 Å². The van der Waals surface area contributed by atoms with Crippen LogP contribution in [0.4, 0.5) is 4.79 Å². The number of amides is 2. The molecule has 1 aliphatic heterocycles. The Morgan fingerprint density at radius 3 is 2.24 bits per heavy atom. The first kappa shape index (κ1) is 34.6. The molecule has 3 aliphatic rings. The van der Waals surface area contributed by atoms with E-state index in [1.54, 1.807) is 0 Å². The second-order valence-electron chi connectivity index (χ2n) is 14.2. The first-order valence-corrected chi connectivity index (χ1v) is 16.7. The van der Waals surface area contributed by atoms with Crippen molar-refractivity contribution in [2.45, 2.75) is 129 Å². The summed E-state index contributed by atoms with van der Waals surface area (Å²) in [6.45, 7) is 9.98. The summed E-state index contributed by atoms with van der Waals surface area (Å²) < 4.78 is 11.1. The molecule has 0 spiro atoms. The average molecular weight is 595 g/mol. The number of likely N-dealkylation sites (tertiary alicyclic amines) is 1. The molecule has 242 valence electrons. The number of carbonyl (C=O) groups is 3. The maximum absolute atomic E-state index is 13.5. The van der Waals surface area contributed by atoms with Crippen LogP contribution in [0, 0.1) is 29.6 Å². The Labute approximate surface area is 253 Å². The number of hydrogen-bond donors (Lipinski definition) is 3. The van der Waals surface area contributed by atoms with Crippen LogP contribution < -0.4 is 5.32 Å². The molecule has 4 atom stereocenters. The van der Waals surface area contributed by atoms with E-state index in [1.807, 2.05) is 25.7 Å². The van der Waals surface area contributed by atoms with E-state index in [4.69, 9.17) is 9.47 Å². The third-order valence-corrected chi connectivity index (χ3v) is 9.85. The highest BCUT2D eigenvalue weighted by Crippen LogP contribution is 2.38. The number of nitrogens with zero attached hydrogens (tertiary/aromatic N) is 1. The van der Waals surface area contributed by atoms with Gasteiger partial charge in [-0.25, -0.2) is 9.59 Å². The highest BCUT2D eigenvalue weighted by molar-refractivity contribution is 5.79. The molecule has 42 heavy (non-hydrogen) atoms. The summed E-state index contributed by atoms with van der Waals surface area (Å²) in [4.78, 5) is 39.5.